The molecule has 154 valence electrons. The zero-order chi connectivity index (χ0) is 20.6. The third kappa shape index (κ3) is 6.98. The summed E-state index contributed by atoms with van der Waals surface area (Å²) >= 11 is 0. The molecule has 0 spiro atoms. The summed E-state index contributed by atoms with van der Waals surface area (Å²) in [5, 5.41) is 10.7. The van der Waals surface area contributed by atoms with E-state index < -0.39 is 0 Å². The second-order valence-electron chi connectivity index (χ2n) is 8.43. The van der Waals surface area contributed by atoms with Crippen molar-refractivity contribution in [3.05, 3.63) is 47.1 Å². The molecule has 0 aliphatic carbocycles. The van der Waals surface area contributed by atoms with Crippen LogP contribution in [0.2, 0.25) is 0 Å². The van der Waals surface area contributed by atoms with E-state index in [-0.39, 0.29) is 5.41 Å². The van der Waals surface area contributed by atoms with Crippen molar-refractivity contribution in [2.24, 2.45) is 4.99 Å². The van der Waals surface area contributed by atoms with Gasteiger partial charge >= 0.3 is 0 Å². The summed E-state index contributed by atoms with van der Waals surface area (Å²) in [6.45, 7) is 12.5. The van der Waals surface area contributed by atoms with Crippen molar-refractivity contribution >= 4 is 5.96 Å². The summed E-state index contributed by atoms with van der Waals surface area (Å²) in [7, 11) is 1.79. The molecule has 0 unspecified atom stereocenters. The molecule has 0 saturated carbocycles. The monoisotopic (exact) mass is 385 g/mol. The highest BCUT2D eigenvalue weighted by atomic mass is 16.5. The van der Waals surface area contributed by atoms with Crippen LogP contribution in [0.5, 0.6) is 0 Å². The first-order valence-electron chi connectivity index (χ1n) is 10.2. The maximum absolute atomic E-state index is 5.27. The molecule has 2 aromatic rings. The summed E-state index contributed by atoms with van der Waals surface area (Å²) in [5.41, 5.74) is 2.89. The molecule has 0 aliphatic heterocycles. The Bertz CT molecular complexity index is 741. The largest absolute Gasteiger partial charge is 0.356 e. The first kappa shape index (κ1) is 21.9. The molecule has 0 bridgehead atoms. The molecule has 1 aromatic carbocycles. The van der Waals surface area contributed by atoms with Crippen LogP contribution >= 0.6 is 0 Å². The van der Waals surface area contributed by atoms with Gasteiger partial charge in [0.1, 0.15) is 0 Å². The smallest absolute Gasteiger partial charge is 0.226 e. The fourth-order valence-corrected chi connectivity index (χ4v) is 2.77. The van der Waals surface area contributed by atoms with Crippen molar-refractivity contribution < 1.29 is 4.52 Å². The third-order valence-corrected chi connectivity index (χ3v) is 4.61. The summed E-state index contributed by atoms with van der Waals surface area (Å²) in [4.78, 5) is 8.68. The number of rotatable bonds is 8. The minimum atomic E-state index is 0.195. The van der Waals surface area contributed by atoms with E-state index in [9.17, 15) is 0 Å². The first-order valence-corrected chi connectivity index (χ1v) is 10.2. The maximum Gasteiger partial charge on any atom is 0.226 e. The molecule has 0 aliphatic rings. The Morgan fingerprint density at radius 1 is 1.07 bits per heavy atom. The molecule has 0 amide bonds. The molecule has 0 radical (unpaired) electrons. The lowest BCUT2D eigenvalue weighted by Gasteiger charge is -2.19. The fraction of sp³-hybridized carbons (Fsp3) is 0.591. The topological polar surface area (TPSA) is 75.3 Å². The van der Waals surface area contributed by atoms with E-state index >= 15 is 0 Å². The van der Waals surface area contributed by atoms with Crippen molar-refractivity contribution in [3.8, 4) is 0 Å². The Kier molecular flexibility index (Phi) is 8.03. The molecular weight excluding hydrogens is 350 g/mol. The Morgan fingerprint density at radius 3 is 2.32 bits per heavy atom. The number of nitrogens with one attached hydrogen (secondary N) is 2. The van der Waals surface area contributed by atoms with Crippen LogP contribution in [0.15, 0.2) is 33.8 Å². The van der Waals surface area contributed by atoms with Crippen LogP contribution in [0, 0.1) is 0 Å². The SMILES string of the molecule is CN=C(NCCCc1nc(C(C)C)no1)NCCc1ccc(C(C)(C)C)cc1. The van der Waals surface area contributed by atoms with Crippen molar-refractivity contribution in [1.82, 2.24) is 20.8 Å². The maximum atomic E-state index is 5.27. The van der Waals surface area contributed by atoms with Crippen LogP contribution in [0.3, 0.4) is 0 Å². The van der Waals surface area contributed by atoms with E-state index in [0.717, 1.165) is 44.1 Å². The molecule has 2 N–H and O–H groups in total. The third-order valence-electron chi connectivity index (χ3n) is 4.61. The summed E-state index contributed by atoms with van der Waals surface area (Å²) < 4.78 is 5.27. The molecule has 6 heteroatoms. The lowest BCUT2D eigenvalue weighted by Crippen LogP contribution is -2.38. The van der Waals surface area contributed by atoms with Crippen LogP contribution in [0.25, 0.3) is 0 Å². The number of benzene rings is 1. The van der Waals surface area contributed by atoms with Gasteiger partial charge in [0.25, 0.3) is 0 Å². The zero-order valence-electron chi connectivity index (χ0n) is 18.2. The highest BCUT2D eigenvalue weighted by molar-refractivity contribution is 5.79. The summed E-state index contributed by atoms with van der Waals surface area (Å²) in [6, 6.07) is 8.89. The van der Waals surface area contributed by atoms with E-state index in [4.69, 9.17) is 4.52 Å². The second kappa shape index (κ2) is 10.2. The van der Waals surface area contributed by atoms with Gasteiger partial charge in [-0.25, -0.2) is 0 Å². The number of hydrogen-bond donors (Lipinski definition) is 2. The minimum Gasteiger partial charge on any atom is -0.356 e. The molecule has 2 rings (SSSR count). The molecule has 6 nitrogen and oxygen atoms in total. The molecule has 1 aromatic heterocycles. The van der Waals surface area contributed by atoms with Gasteiger partial charge in [0.05, 0.1) is 0 Å². The van der Waals surface area contributed by atoms with Crippen molar-refractivity contribution in [2.75, 3.05) is 20.1 Å². The zero-order valence-corrected chi connectivity index (χ0v) is 18.2. The molecule has 0 atom stereocenters. The average molecular weight is 386 g/mol. The Balaban J connectivity index is 1.67. The quantitative estimate of drug-likeness (QED) is 0.410. The van der Waals surface area contributed by atoms with Gasteiger partial charge in [-0.05, 0) is 29.4 Å². The number of aromatic nitrogens is 2. The molecular formula is C22H35N5O. The van der Waals surface area contributed by atoms with E-state index in [2.05, 4.69) is 84.7 Å². The van der Waals surface area contributed by atoms with Gasteiger partial charge < -0.3 is 15.2 Å². The molecule has 0 fully saturated rings. The van der Waals surface area contributed by atoms with Crippen molar-refractivity contribution in [2.45, 2.75) is 65.2 Å². The predicted octanol–water partition coefficient (Wildman–Crippen LogP) is 3.83. The van der Waals surface area contributed by atoms with Crippen LogP contribution in [0.1, 0.15) is 69.8 Å². The van der Waals surface area contributed by atoms with Crippen LogP contribution in [-0.4, -0.2) is 36.2 Å². The van der Waals surface area contributed by atoms with Gasteiger partial charge in [-0.15, -0.1) is 0 Å². The number of hydrogen-bond acceptors (Lipinski definition) is 4. The van der Waals surface area contributed by atoms with E-state index in [1.807, 2.05) is 0 Å². The number of guanidine groups is 1. The van der Waals surface area contributed by atoms with Gasteiger partial charge in [0.2, 0.25) is 5.89 Å². The van der Waals surface area contributed by atoms with E-state index in [1.54, 1.807) is 7.05 Å². The lowest BCUT2D eigenvalue weighted by atomic mass is 9.86. The van der Waals surface area contributed by atoms with Crippen LogP contribution in [-0.2, 0) is 18.3 Å². The minimum absolute atomic E-state index is 0.195. The second-order valence-corrected chi connectivity index (χ2v) is 8.43. The lowest BCUT2D eigenvalue weighted by molar-refractivity contribution is 0.368. The highest BCUT2D eigenvalue weighted by Crippen LogP contribution is 2.22. The van der Waals surface area contributed by atoms with Crippen molar-refractivity contribution in [1.29, 1.82) is 0 Å². The Hall–Kier alpha value is -2.37. The molecule has 0 saturated heterocycles. The van der Waals surface area contributed by atoms with Gasteiger partial charge in [0, 0.05) is 32.5 Å². The fourth-order valence-electron chi connectivity index (χ4n) is 2.77. The van der Waals surface area contributed by atoms with Gasteiger partial charge in [-0.3, -0.25) is 4.99 Å². The summed E-state index contributed by atoms with van der Waals surface area (Å²) in [5.74, 6) is 2.59. The molecule has 28 heavy (non-hydrogen) atoms. The van der Waals surface area contributed by atoms with Gasteiger partial charge in [-0.1, -0.05) is 64.0 Å². The standard InChI is InChI=1S/C22H35N5O/c1-16(2)20-26-19(28-27-20)8-7-14-24-21(23-6)25-15-13-17-9-11-18(12-10-17)22(3,4)5/h9-12,16H,7-8,13-15H2,1-6H3,(H2,23,24,25). The van der Waals surface area contributed by atoms with E-state index in [1.165, 1.54) is 11.1 Å². The first-order chi connectivity index (χ1) is 13.3. The highest BCUT2D eigenvalue weighted by Gasteiger charge is 2.12. The Morgan fingerprint density at radius 2 is 1.75 bits per heavy atom. The van der Waals surface area contributed by atoms with Gasteiger partial charge in [0.15, 0.2) is 11.8 Å². The van der Waals surface area contributed by atoms with Crippen molar-refractivity contribution in [3.63, 3.8) is 0 Å². The summed E-state index contributed by atoms with van der Waals surface area (Å²) in [6.07, 6.45) is 2.64. The molecule has 1 heterocycles. The van der Waals surface area contributed by atoms with Crippen LogP contribution < -0.4 is 10.6 Å². The van der Waals surface area contributed by atoms with E-state index in [0.29, 0.717) is 11.8 Å². The number of aryl methyl sites for hydroxylation is 1. The number of aliphatic imine (C=N–C) groups is 1. The van der Waals surface area contributed by atoms with Crippen LogP contribution in [0.4, 0.5) is 0 Å². The normalized spacial score (nSPS) is 12.5. The Labute approximate surface area is 169 Å². The van der Waals surface area contributed by atoms with Gasteiger partial charge in [-0.2, -0.15) is 4.98 Å². The predicted molar refractivity (Wildman–Crippen MR) is 115 cm³/mol. The number of nitrogens with zero attached hydrogens (tertiary/aromatic N) is 3. The average Bonchev–Trinajstić information content (AvgIpc) is 3.12.